The third-order valence-corrected chi connectivity index (χ3v) is 15.1. The third-order valence-electron chi connectivity index (χ3n) is 12.8. The van der Waals surface area contributed by atoms with Gasteiger partial charge >= 0.3 is 3.18 Å². The number of rotatable bonds is 1. The van der Waals surface area contributed by atoms with Crippen molar-refractivity contribution < 1.29 is 9.84 Å². The van der Waals surface area contributed by atoms with Crippen LogP contribution >= 0.6 is 93.1 Å². The second kappa shape index (κ2) is 19.0. The Morgan fingerprint density at radius 2 is 0.750 bits per heavy atom. The second-order valence-corrected chi connectivity index (χ2v) is 25.8. The average Bonchev–Trinajstić information content (AvgIpc) is 3.93. The van der Waals surface area contributed by atoms with Gasteiger partial charge in [0.2, 0.25) is 0 Å². The topological polar surface area (TPSA) is 29.5 Å². The van der Waals surface area contributed by atoms with Gasteiger partial charge < -0.3 is 9.84 Å². The SMILES string of the molecule is BrB(Br)Br.COc1ccc2c(c1)c1ccccc1c1cc3c(cc21)sc1ccc2ccccc2c13.ClCCl.Oc1ccc2c(c1)c1ccccc1c1cc3c(cc21)sc1ccc2ccccc2c13. The van der Waals surface area contributed by atoms with Crippen molar-refractivity contribution in [3.63, 3.8) is 0 Å². The molecule has 0 radical (unpaired) electrons. The van der Waals surface area contributed by atoms with Crippen LogP contribution in [0.5, 0.6) is 11.5 Å². The molecule has 0 saturated heterocycles. The van der Waals surface area contributed by atoms with Gasteiger partial charge in [-0.1, -0.05) is 121 Å². The first-order valence-corrected chi connectivity index (χ1v) is 27.2. The van der Waals surface area contributed by atoms with Gasteiger partial charge in [-0.05, 0) is 147 Å². The van der Waals surface area contributed by atoms with Crippen LogP contribution < -0.4 is 4.74 Å². The highest BCUT2D eigenvalue weighted by atomic mass is 79.9. The zero-order chi connectivity index (χ0) is 46.6. The molecule has 0 amide bonds. The molecule has 0 atom stereocenters. The number of hydrogen-bond acceptors (Lipinski definition) is 4. The molecule has 14 aromatic rings. The number of aromatic hydroxyl groups is 1. The second-order valence-electron chi connectivity index (χ2n) is 16.4. The van der Waals surface area contributed by atoms with Gasteiger partial charge in [-0.15, -0.1) is 93.1 Å². The highest BCUT2D eigenvalue weighted by Crippen LogP contribution is 2.46. The Labute approximate surface area is 434 Å². The standard InChI is InChI=1S/C29H18OS.C28H16OS.CH2Cl2.BBr3/c1-30-18-11-12-22-23(14-18)20-8-4-5-9-21(20)24-15-26-28(16-25(22)24)31-27-13-10-17-6-2-3-7-19(17)29(26)27;29-17-10-11-21-22(13-17)19-7-3-4-8-20(19)23-14-25-27(15-24(21)23)30-26-12-9-16-5-1-2-6-18(16)28(25)26;2-1-3;2-1(3)4/h2-16H,1H3;1-15,29H;1H2;. The van der Waals surface area contributed by atoms with Gasteiger partial charge in [-0.2, -0.15) is 0 Å². The van der Waals surface area contributed by atoms with Gasteiger partial charge in [0, 0.05) is 40.3 Å². The first-order chi connectivity index (χ1) is 33.2. The predicted molar refractivity (Wildman–Crippen MR) is 316 cm³/mol. The van der Waals surface area contributed by atoms with Crippen molar-refractivity contribution in [1.29, 1.82) is 0 Å². The maximum absolute atomic E-state index is 10.1. The van der Waals surface area contributed by atoms with Gasteiger partial charge in [0.05, 0.1) is 12.4 Å². The van der Waals surface area contributed by atoms with Crippen molar-refractivity contribution >= 4 is 223 Å². The Kier molecular flexibility index (Phi) is 12.6. The van der Waals surface area contributed by atoms with Crippen LogP contribution in [0.3, 0.4) is 0 Å². The maximum Gasteiger partial charge on any atom is 0.369 e. The van der Waals surface area contributed by atoms with Gasteiger partial charge in [0.25, 0.3) is 0 Å². The molecule has 0 bridgehead atoms. The van der Waals surface area contributed by atoms with Gasteiger partial charge in [0.1, 0.15) is 11.5 Å². The van der Waals surface area contributed by atoms with Crippen LogP contribution in [0.1, 0.15) is 0 Å². The number of hydrogen-bond donors (Lipinski definition) is 1. The highest BCUT2D eigenvalue weighted by molar-refractivity contribution is 9.69. The van der Waals surface area contributed by atoms with Crippen LogP contribution in [-0.4, -0.2) is 20.7 Å². The molecule has 2 nitrogen and oxygen atoms in total. The molecule has 1 N–H and O–H groups in total. The minimum Gasteiger partial charge on any atom is -0.508 e. The number of ether oxygens (including phenoxy) is 1. The summed E-state index contributed by atoms with van der Waals surface area (Å²) in [5, 5.41) is 35.9. The molecule has 0 aliphatic carbocycles. The van der Waals surface area contributed by atoms with Crippen LogP contribution in [0.4, 0.5) is 0 Å². The highest BCUT2D eigenvalue weighted by Gasteiger charge is 2.17. The number of phenols is 1. The largest absolute Gasteiger partial charge is 0.508 e. The fourth-order valence-corrected chi connectivity index (χ4v) is 12.4. The molecule has 2 aromatic heterocycles. The van der Waals surface area contributed by atoms with E-state index in [0.717, 1.165) is 11.1 Å². The third kappa shape index (κ3) is 8.02. The first kappa shape index (κ1) is 45.3. The number of halogens is 5. The van der Waals surface area contributed by atoms with E-state index in [2.05, 4.69) is 211 Å². The molecule has 68 heavy (non-hydrogen) atoms. The van der Waals surface area contributed by atoms with Gasteiger partial charge in [0.15, 0.2) is 0 Å². The molecule has 0 unspecified atom stereocenters. The number of fused-ring (bicyclic) bond motifs is 22. The molecule has 0 fully saturated rings. The Morgan fingerprint density at radius 1 is 0.397 bits per heavy atom. The monoisotopic (exact) mass is 1150 g/mol. The molecule has 14 rings (SSSR count). The summed E-state index contributed by atoms with van der Waals surface area (Å²) >= 11 is 22.6. The summed E-state index contributed by atoms with van der Waals surface area (Å²) in [5.41, 5.74) is 0. The quantitative estimate of drug-likeness (QED) is 0.101. The summed E-state index contributed by atoms with van der Waals surface area (Å²) in [6, 6.07) is 65.3. The number of methoxy groups -OCH3 is 1. The van der Waals surface area contributed by atoms with E-state index in [1.54, 1.807) is 13.2 Å². The summed E-state index contributed by atoms with van der Waals surface area (Å²) in [4.78, 5) is 0. The lowest BCUT2D eigenvalue weighted by Gasteiger charge is -2.12. The van der Waals surface area contributed by atoms with Gasteiger partial charge in [-0.25, -0.2) is 0 Å². The summed E-state index contributed by atoms with van der Waals surface area (Å²) in [6.45, 7) is 0. The van der Waals surface area contributed by atoms with E-state index in [9.17, 15) is 5.11 Å². The lowest BCUT2D eigenvalue weighted by atomic mass is 9.93. The Balaban J connectivity index is 0.000000132. The van der Waals surface area contributed by atoms with E-state index in [-0.39, 0.29) is 8.52 Å². The smallest absolute Gasteiger partial charge is 0.369 e. The molecular weight excluding hydrogens is 1110 g/mol. The minimum absolute atomic E-state index is 0.194. The molecule has 0 aliphatic rings. The van der Waals surface area contributed by atoms with Crippen LogP contribution in [0.15, 0.2) is 182 Å². The van der Waals surface area contributed by atoms with E-state index in [0.29, 0.717) is 5.75 Å². The van der Waals surface area contributed by atoms with Crippen molar-refractivity contribution in [2.45, 2.75) is 0 Å². The van der Waals surface area contributed by atoms with Crippen LogP contribution in [0.25, 0.3) is 127 Å². The Bertz CT molecular complexity index is 4280. The predicted octanol–water partition coefficient (Wildman–Crippen LogP) is 20.6. The van der Waals surface area contributed by atoms with Crippen molar-refractivity contribution in [2.75, 3.05) is 12.4 Å². The van der Waals surface area contributed by atoms with Crippen molar-refractivity contribution in [3.8, 4) is 11.5 Å². The van der Waals surface area contributed by atoms with Gasteiger partial charge in [-0.3, -0.25) is 0 Å². The number of thiophene rings is 2. The molecule has 12 aromatic carbocycles. The van der Waals surface area contributed by atoms with Crippen LogP contribution in [0, 0.1) is 0 Å². The fraction of sp³-hybridized carbons (Fsp3) is 0.0345. The lowest BCUT2D eigenvalue weighted by Crippen LogP contribution is -1.86. The van der Waals surface area contributed by atoms with E-state index < -0.39 is 0 Å². The Morgan fingerprint density at radius 3 is 1.19 bits per heavy atom. The molecule has 2 heterocycles. The van der Waals surface area contributed by atoms with Crippen LogP contribution in [0.2, 0.25) is 0 Å². The lowest BCUT2D eigenvalue weighted by molar-refractivity contribution is 0.415. The number of benzene rings is 12. The van der Waals surface area contributed by atoms with Crippen molar-refractivity contribution in [1.82, 2.24) is 0 Å². The molecule has 0 aliphatic heterocycles. The molecule has 0 spiro atoms. The zero-order valence-electron chi connectivity index (χ0n) is 36.2. The zero-order valence-corrected chi connectivity index (χ0v) is 44.1. The fourth-order valence-electron chi connectivity index (χ4n) is 10.1. The van der Waals surface area contributed by atoms with Crippen molar-refractivity contribution in [2.24, 2.45) is 0 Å². The van der Waals surface area contributed by atoms with E-state index >= 15 is 0 Å². The molecule has 10 heteroatoms. The van der Waals surface area contributed by atoms with E-state index in [1.807, 2.05) is 34.8 Å². The molecular formula is C58H36BBr3Cl2O2S2. The van der Waals surface area contributed by atoms with Crippen LogP contribution in [-0.2, 0) is 0 Å². The van der Waals surface area contributed by atoms with E-state index in [1.165, 1.54) is 121 Å². The molecule has 0 saturated carbocycles. The summed E-state index contributed by atoms with van der Waals surface area (Å²) in [5.74, 6) is 1.20. The van der Waals surface area contributed by atoms with E-state index in [4.69, 9.17) is 27.9 Å². The number of phenolic OH excluding ortho intramolecular Hbond substituents is 1. The minimum atomic E-state index is 0.194. The van der Waals surface area contributed by atoms with Crippen molar-refractivity contribution in [3.05, 3.63) is 182 Å². The maximum atomic E-state index is 10.1. The normalized spacial score (nSPS) is 11.5. The first-order valence-electron chi connectivity index (χ1n) is 21.8. The summed E-state index contributed by atoms with van der Waals surface area (Å²) in [6.07, 6.45) is 0. The molecule has 330 valence electrons. The Hall–Kier alpha value is -5.16. The average molecular weight is 1150 g/mol. The summed E-state index contributed by atoms with van der Waals surface area (Å²) < 4.78 is 11.1. The number of alkyl halides is 2. The summed E-state index contributed by atoms with van der Waals surface area (Å²) in [7, 11) is 1.73.